The second kappa shape index (κ2) is 6.38. The number of nitrogens with two attached hydrogens (primary N) is 1. The van der Waals surface area contributed by atoms with Crippen molar-refractivity contribution in [3.63, 3.8) is 0 Å². The lowest BCUT2D eigenvalue weighted by Crippen LogP contribution is -2.17. The molecule has 2 aromatic rings. The van der Waals surface area contributed by atoms with E-state index in [0.717, 1.165) is 5.56 Å². The van der Waals surface area contributed by atoms with E-state index in [2.05, 4.69) is 10.5 Å². The number of rotatable bonds is 4. The van der Waals surface area contributed by atoms with Gasteiger partial charge in [-0.2, -0.15) is 5.10 Å². The highest BCUT2D eigenvalue weighted by molar-refractivity contribution is 5.95. The number of nitrogens with one attached hydrogen (secondary N) is 1. The Hall–Kier alpha value is -2.82. The second-order valence-corrected chi connectivity index (χ2v) is 4.06. The number of hydrogen-bond donors (Lipinski definition) is 2. The molecule has 0 aliphatic rings. The first-order valence-corrected chi connectivity index (χ1v) is 6.02. The zero-order valence-corrected chi connectivity index (χ0v) is 11.0. The van der Waals surface area contributed by atoms with Crippen LogP contribution in [0, 0.1) is 0 Å². The summed E-state index contributed by atoms with van der Waals surface area (Å²) >= 11 is 0. The van der Waals surface area contributed by atoms with Gasteiger partial charge in [0.2, 0.25) is 0 Å². The Morgan fingerprint density at radius 1 is 1.20 bits per heavy atom. The van der Waals surface area contributed by atoms with Crippen LogP contribution in [0.1, 0.15) is 15.9 Å². The average molecular weight is 269 g/mol. The van der Waals surface area contributed by atoms with Gasteiger partial charge in [0.1, 0.15) is 5.75 Å². The van der Waals surface area contributed by atoms with Crippen LogP contribution in [0.5, 0.6) is 5.75 Å². The molecular formula is C15H15N3O2. The minimum absolute atomic E-state index is 0.295. The van der Waals surface area contributed by atoms with Crippen molar-refractivity contribution in [2.24, 2.45) is 5.10 Å². The van der Waals surface area contributed by atoms with Gasteiger partial charge < -0.3 is 10.5 Å². The van der Waals surface area contributed by atoms with Crippen molar-refractivity contribution >= 4 is 17.8 Å². The summed E-state index contributed by atoms with van der Waals surface area (Å²) in [5, 5.41) is 3.91. The van der Waals surface area contributed by atoms with Crippen molar-refractivity contribution in [2.45, 2.75) is 0 Å². The third kappa shape index (κ3) is 3.35. The van der Waals surface area contributed by atoms with Crippen molar-refractivity contribution in [3.8, 4) is 5.75 Å². The highest BCUT2D eigenvalue weighted by Gasteiger charge is 2.03. The average Bonchev–Trinajstić information content (AvgIpc) is 2.48. The highest BCUT2D eigenvalue weighted by atomic mass is 16.5. The number of hydrogen-bond acceptors (Lipinski definition) is 4. The van der Waals surface area contributed by atoms with E-state index in [0.29, 0.717) is 17.0 Å². The van der Waals surface area contributed by atoms with Gasteiger partial charge >= 0.3 is 0 Å². The van der Waals surface area contributed by atoms with Crippen LogP contribution in [-0.2, 0) is 0 Å². The van der Waals surface area contributed by atoms with E-state index in [-0.39, 0.29) is 5.91 Å². The van der Waals surface area contributed by atoms with Crippen LogP contribution in [0.15, 0.2) is 53.6 Å². The molecule has 2 rings (SSSR count). The fourth-order valence-corrected chi connectivity index (χ4v) is 1.63. The SMILES string of the molecule is COc1ccccc1/C=N/NC(=O)c1ccc(N)cc1. The van der Waals surface area contributed by atoms with E-state index in [1.54, 1.807) is 31.4 Å². The van der Waals surface area contributed by atoms with Crippen LogP contribution < -0.4 is 15.9 Å². The molecule has 0 aliphatic heterocycles. The van der Waals surface area contributed by atoms with Gasteiger partial charge in [-0.1, -0.05) is 12.1 Å². The summed E-state index contributed by atoms with van der Waals surface area (Å²) in [7, 11) is 1.58. The molecule has 1 amide bonds. The maximum atomic E-state index is 11.8. The number of nitrogens with zero attached hydrogens (tertiary/aromatic N) is 1. The van der Waals surface area contributed by atoms with E-state index in [9.17, 15) is 4.79 Å². The molecule has 0 saturated carbocycles. The van der Waals surface area contributed by atoms with Crippen LogP contribution in [0.25, 0.3) is 0 Å². The molecule has 0 saturated heterocycles. The topological polar surface area (TPSA) is 76.7 Å². The van der Waals surface area contributed by atoms with Crippen molar-refractivity contribution in [3.05, 3.63) is 59.7 Å². The lowest BCUT2D eigenvalue weighted by Gasteiger charge is -2.03. The first-order valence-electron chi connectivity index (χ1n) is 6.02. The Morgan fingerprint density at radius 2 is 1.90 bits per heavy atom. The second-order valence-electron chi connectivity index (χ2n) is 4.06. The summed E-state index contributed by atoms with van der Waals surface area (Å²) in [6.07, 6.45) is 1.54. The van der Waals surface area contributed by atoms with E-state index in [1.165, 1.54) is 6.21 Å². The summed E-state index contributed by atoms with van der Waals surface area (Å²) in [4.78, 5) is 11.8. The Balaban J connectivity index is 2.02. The van der Waals surface area contributed by atoms with Crippen LogP contribution in [0.4, 0.5) is 5.69 Å². The standard InChI is InChI=1S/C15H15N3O2/c1-20-14-5-3-2-4-12(14)10-17-18-15(19)11-6-8-13(16)9-7-11/h2-10H,16H2,1H3,(H,18,19)/b17-10+. The molecule has 0 radical (unpaired) electrons. The molecule has 0 unspecified atom stereocenters. The van der Waals surface area contributed by atoms with Crippen LogP contribution in [0.3, 0.4) is 0 Å². The molecule has 0 atom stereocenters. The predicted octanol–water partition coefficient (Wildman–Crippen LogP) is 2.04. The molecule has 0 aromatic heterocycles. The maximum absolute atomic E-state index is 11.8. The lowest BCUT2D eigenvalue weighted by atomic mass is 10.2. The van der Waals surface area contributed by atoms with E-state index >= 15 is 0 Å². The smallest absolute Gasteiger partial charge is 0.271 e. The Labute approximate surface area is 117 Å². The highest BCUT2D eigenvalue weighted by Crippen LogP contribution is 2.14. The van der Waals surface area contributed by atoms with Crippen molar-refractivity contribution in [1.82, 2.24) is 5.43 Å². The molecule has 0 heterocycles. The molecule has 0 aliphatic carbocycles. The molecular weight excluding hydrogens is 254 g/mol. The Bertz CT molecular complexity index is 621. The summed E-state index contributed by atoms with van der Waals surface area (Å²) in [5.41, 5.74) is 9.90. The zero-order valence-electron chi connectivity index (χ0n) is 11.0. The van der Waals surface area contributed by atoms with Gasteiger partial charge in [-0.05, 0) is 36.4 Å². The van der Waals surface area contributed by atoms with Crippen molar-refractivity contribution < 1.29 is 9.53 Å². The number of amides is 1. The fourth-order valence-electron chi connectivity index (χ4n) is 1.63. The number of nitrogen functional groups attached to an aromatic ring is 1. The Kier molecular flexibility index (Phi) is 4.34. The van der Waals surface area contributed by atoms with Gasteiger partial charge in [-0.25, -0.2) is 5.43 Å². The number of hydrazone groups is 1. The maximum Gasteiger partial charge on any atom is 0.271 e. The molecule has 5 heteroatoms. The van der Waals surface area contributed by atoms with Crippen LogP contribution in [0.2, 0.25) is 0 Å². The third-order valence-corrected chi connectivity index (χ3v) is 2.68. The minimum Gasteiger partial charge on any atom is -0.496 e. The van der Waals surface area contributed by atoms with Gasteiger partial charge in [0.25, 0.3) is 5.91 Å². The van der Waals surface area contributed by atoms with Crippen LogP contribution in [-0.4, -0.2) is 19.2 Å². The van der Waals surface area contributed by atoms with Gasteiger partial charge in [0.05, 0.1) is 13.3 Å². The van der Waals surface area contributed by atoms with E-state index in [4.69, 9.17) is 10.5 Å². The number of anilines is 1. The number of ether oxygens (including phenoxy) is 1. The van der Waals surface area contributed by atoms with Gasteiger partial charge in [0.15, 0.2) is 0 Å². The van der Waals surface area contributed by atoms with Gasteiger partial charge in [-0.3, -0.25) is 4.79 Å². The summed E-state index contributed by atoms with van der Waals surface area (Å²) in [6, 6.07) is 14.0. The predicted molar refractivity (Wildman–Crippen MR) is 78.9 cm³/mol. The minimum atomic E-state index is -0.295. The number of methoxy groups -OCH3 is 1. The normalized spacial score (nSPS) is 10.4. The molecule has 5 nitrogen and oxygen atoms in total. The molecule has 2 aromatic carbocycles. The summed E-state index contributed by atoms with van der Waals surface area (Å²) in [6.45, 7) is 0. The molecule has 0 fully saturated rings. The molecule has 102 valence electrons. The van der Waals surface area contributed by atoms with Gasteiger partial charge in [-0.15, -0.1) is 0 Å². The van der Waals surface area contributed by atoms with Gasteiger partial charge in [0, 0.05) is 16.8 Å². The number of para-hydroxylation sites is 1. The number of carbonyl (C=O) groups is 1. The van der Waals surface area contributed by atoms with E-state index < -0.39 is 0 Å². The van der Waals surface area contributed by atoms with Crippen molar-refractivity contribution in [1.29, 1.82) is 0 Å². The Morgan fingerprint density at radius 3 is 2.60 bits per heavy atom. The lowest BCUT2D eigenvalue weighted by molar-refractivity contribution is 0.0955. The number of carbonyl (C=O) groups excluding carboxylic acids is 1. The van der Waals surface area contributed by atoms with E-state index in [1.807, 2.05) is 24.3 Å². The monoisotopic (exact) mass is 269 g/mol. The molecule has 0 bridgehead atoms. The number of benzene rings is 2. The quantitative estimate of drug-likeness (QED) is 0.506. The van der Waals surface area contributed by atoms with Crippen LogP contribution >= 0.6 is 0 Å². The summed E-state index contributed by atoms with van der Waals surface area (Å²) in [5.74, 6) is 0.397. The first-order chi connectivity index (χ1) is 9.70. The van der Waals surface area contributed by atoms with Crippen molar-refractivity contribution in [2.75, 3.05) is 12.8 Å². The first kappa shape index (κ1) is 13.6. The molecule has 20 heavy (non-hydrogen) atoms. The largest absolute Gasteiger partial charge is 0.496 e. The fraction of sp³-hybridized carbons (Fsp3) is 0.0667. The molecule has 3 N–H and O–H groups in total. The molecule has 0 spiro atoms. The zero-order chi connectivity index (χ0) is 14.4. The summed E-state index contributed by atoms with van der Waals surface area (Å²) < 4.78 is 5.18. The third-order valence-electron chi connectivity index (χ3n) is 2.68.